The van der Waals surface area contributed by atoms with Gasteiger partial charge in [0.15, 0.2) is 17.5 Å². The first-order valence-electron chi connectivity index (χ1n) is 8.81. The molecule has 1 aromatic heterocycles. The minimum Gasteiger partial charge on any atom is -0.477 e. The second kappa shape index (κ2) is 6.47. The maximum atomic E-state index is 15.4. The van der Waals surface area contributed by atoms with Crippen molar-refractivity contribution in [2.24, 2.45) is 11.7 Å². The number of hydrogen-bond acceptors (Lipinski definition) is 4. The van der Waals surface area contributed by atoms with E-state index in [1.165, 1.54) is 4.57 Å². The van der Waals surface area contributed by atoms with Crippen LogP contribution in [0.4, 0.5) is 23.2 Å². The van der Waals surface area contributed by atoms with Crippen molar-refractivity contribution >= 4 is 22.6 Å². The van der Waals surface area contributed by atoms with Crippen LogP contribution in [-0.2, 0) is 0 Å². The van der Waals surface area contributed by atoms with Crippen LogP contribution in [0.15, 0.2) is 11.0 Å². The van der Waals surface area contributed by atoms with Gasteiger partial charge in [-0.2, -0.15) is 0 Å². The van der Waals surface area contributed by atoms with Gasteiger partial charge in [0.05, 0.1) is 17.6 Å². The number of pyridine rings is 1. The fraction of sp³-hybridized carbons (Fsp3) is 0.444. The Morgan fingerprint density at radius 1 is 1.18 bits per heavy atom. The third-order valence-corrected chi connectivity index (χ3v) is 5.45. The van der Waals surface area contributed by atoms with Crippen LogP contribution in [0.25, 0.3) is 10.9 Å². The number of benzene rings is 1. The molecule has 3 N–H and O–H groups in total. The molecule has 150 valence electrons. The molecule has 0 amide bonds. The van der Waals surface area contributed by atoms with Gasteiger partial charge >= 0.3 is 5.97 Å². The lowest BCUT2D eigenvalue weighted by atomic mass is 10.1. The molecule has 0 spiro atoms. The maximum absolute atomic E-state index is 15.4. The van der Waals surface area contributed by atoms with Crippen LogP contribution in [0.3, 0.4) is 0 Å². The molecule has 2 aliphatic rings. The summed E-state index contributed by atoms with van der Waals surface area (Å²) in [5.74, 6) is -6.68. The maximum Gasteiger partial charge on any atom is 0.341 e. The van der Waals surface area contributed by atoms with Gasteiger partial charge < -0.3 is 20.3 Å². The molecule has 1 aliphatic carbocycles. The van der Waals surface area contributed by atoms with Gasteiger partial charge in [-0.15, -0.1) is 0 Å². The predicted molar refractivity (Wildman–Crippen MR) is 93.0 cm³/mol. The van der Waals surface area contributed by atoms with E-state index < -0.39 is 69.6 Å². The molecular weight excluding hydrogens is 382 g/mol. The largest absolute Gasteiger partial charge is 0.477 e. The average Bonchev–Trinajstić information content (AvgIpc) is 3.42. The van der Waals surface area contributed by atoms with Crippen LogP contribution >= 0.6 is 0 Å². The van der Waals surface area contributed by atoms with Crippen LogP contribution in [0.2, 0.25) is 0 Å². The summed E-state index contributed by atoms with van der Waals surface area (Å²) in [5, 5.41) is 8.28. The lowest BCUT2D eigenvalue weighted by molar-refractivity contribution is 0.0694. The van der Waals surface area contributed by atoms with Gasteiger partial charge in [0, 0.05) is 37.3 Å². The zero-order valence-electron chi connectivity index (χ0n) is 14.6. The van der Waals surface area contributed by atoms with E-state index in [0.29, 0.717) is 12.8 Å². The van der Waals surface area contributed by atoms with Gasteiger partial charge in [-0.25, -0.2) is 18.0 Å². The van der Waals surface area contributed by atoms with Crippen molar-refractivity contribution < 1.29 is 27.5 Å². The number of carboxylic acids is 1. The van der Waals surface area contributed by atoms with E-state index >= 15 is 4.39 Å². The van der Waals surface area contributed by atoms with Gasteiger partial charge in [-0.3, -0.25) is 9.18 Å². The van der Waals surface area contributed by atoms with Crippen molar-refractivity contribution in [1.82, 2.24) is 4.57 Å². The second-order valence-corrected chi connectivity index (χ2v) is 7.31. The Hall–Kier alpha value is -2.62. The molecule has 2 aromatic rings. The van der Waals surface area contributed by atoms with Crippen LogP contribution in [-0.4, -0.2) is 41.4 Å². The number of carbonyl (C=O) groups is 1. The van der Waals surface area contributed by atoms with Crippen molar-refractivity contribution in [3.8, 4) is 0 Å². The number of aromatic carboxylic acids is 1. The quantitative estimate of drug-likeness (QED) is 0.608. The number of alkyl halides is 1. The van der Waals surface area contributed by atoms with Gasteiger partial charge in [0.1, 0.15) is 11.3 Å². The number of rotatable bonds is 4. The predicted octanol–water partition coefficient (Wildman–Crippen LogP) is 2.18. The number of carboxylic acid groups (broad SMARTS) is 1. The van der Waals surface area contributed by atoms with Crippen molar-refractivity contribution in [2.45, 2.75) is 24.9 Å². The van der Waals surface area contributed by atoms with Crippen LogP contribution in [0.1, 0.15) is 29.2 Å². The Morgan fingerprint density at radius 3 is 2.39 bits per heavy atom. The Morgan fingerprint density at radius 2 is 1.86 bits per heavy atom. The summed E-state index contributed by atoms with van der Waals surface area (Å²) in [6.07, 6.45) is 2.14. The van der Waals surface area contributed by atoms with Crippen molar-refractivity contribution in [1.29, 1.82) is 0 Å². The minimum absolute atomic E-state index is 0.0752. The summed E-state index contributed by atoms with van der Waals surface area (Å²) >= 11 is 0. The third-order valence-electron chi connectivity index (χ3n) is 5.45. The fourth-order valence-electron chi connectivity index (χ4n) is 3.80. The fourth-order valence-corrected chi connectivity index (χ4v) is 3.80. The molecule has 0 radical (unpaired) electrons. The SMILES string of the molecule is N[C@H]1CN(c2c(F)c(F)c3c(=O)c(C(=O)O)cn(C4CC4)c3c2F)C[C@H]1CF. The summed E-state index contributed by atoms with van der Waals surface area (Å²) in [6.45, 7) is -0.961. The van der Waals surface area contributed by atoms with Gasteiger partial charge in [-0.05, 0) is 12.8 Å². The highest BCUT2D eigenvalue weighted by Gasteiger charge is 2.37. The molecule has 1 aromatic carbocycles. The normalized spacial score (nSPS) is 22.2. The number of nitrogens with two attached hydrogens (primary N) is 1. The van der Waals surface area contributed by atoms with E-state index in [9.17, 15) is 27.9 Å². The van der Waals surface area contributed by atoms with Crippen molar-refractivity contribution in [3.05, 3.63) is 39.4 Å². The van der Waals surface area contributed by atoms with Gasteiger partial charge in [-0.1, -0.05) is 0 Å². The molecule has 0 unspecified atom stereocenters. The first-order chi connectivity index (χ1) is 13.3. The number of halogens is 4. The summed E-state index contributed by atoms with van der Waals surface area (Å²) < 4.78 is 59.3. The smallest absolute Gasteiger partial charge is 0.341 e. The molecule has 1 aliphatic heterocycles. The molecule has 4 rings (SSSR count). The van der Waals surface area contributed by atoms with Gasteiger partial charge in [0.2, 0.25) is 5.43 Å². The average molecular weight is 399 g/mol. The third kappa shape index (κ3) is 2.66. The highest BCUT2D eigenvalue weighted by molar-refractivity contribution is 5.94. The molecule has 1 saturated carbocycles. The Bertz CT molecular complexity index is 1050. The highest BCUT2D eigenvalue weighted by atomic mass is 19.2. The number of hydrogen-bond donors (Lipinski definition) is 2. The van der Waals surface area contributed by atoms with E-state index in [0.717, 1.165) is 11.1 Å². The number of nitrogens with zero attached hydrogens (tertiary/aromatic N) is 2. The summed E-state index contributed by atoms with van der Waals surface area (Å²) in [5.41, 5.74) is 2.55. The van der Waals surface area contributed by atoms with E-state index in [4.69, 9.17) is 5.73 Å². The number of anilines is 1. The molecular formula is C18H17F4N3O3. The van der Waals surface area contributed by atoms with E-state index in [-0.39, 0.29) is 19.1 Å². The van der Waals surface area contributed by atoms with Gasteiger partial charge in [0.25, 0.3) is 0 Å². The number of fused-ring (bicyclic) bond motifs is 1. The van der Waals surface area contributed by atoms with E-state index in [1.807, 2.05) is 0 Å². The Balaban J connectivity index is 2.03. The monoisotopic (exact) mass is 399 g/mol. The molecule has 6 nitrogen and oxygen atoms in total. The molecule has 2 fully saturated rings. The molecule has 2 heterocycles. The first kappa shape index (κ1) is 18.7. The molecule has 1 saturated heterocycles. The van der Waals surface area contributed by atoms with Crippen molar-refractivity contribution in [2.75, 3.05) is 24.7 Å². The first-order valence-corrected chi connectivity index (χ1v) is 8.81. The van der Waals surface area contributed by atoms with E-state index in [1.54, 1.807) is 0 Å². The lowest BCUT2D eigenvalue weighted by Crippen LogP contribution is -2.31. The summed E-state index contributed by atoms with van der Waals surface area (Å²) in [4.78, 5) is 24.9. The van der Waals surface area contributed by atoms with Crippen LogP contribution < -0.4 is 16.1 Å². The molecule has 0 bridgehead atoms. The zero-order valence-corrected chi connectivity index (χ0v) is 14.6. The van der Waals surface area contributed by atoms with Crippen LogP contribution in [0, 0.1) is 23.4 Å². The lowest BCUT2D eigenvalue weighted by Gasteiger charge is -2.23. The Labute approximate surface area is 156 Å². The highest BCUT2D eigenvalue weighted by Crippen LogP contribution is 2.41. The van der Waals surface area contributed by atoms with Crippen molar-refractivity contribution in [3.63, 3.8) is 0 Å². The summed E-state index contributed by atoms with van der Waals surface area (Å²) in [6, 6.07) is -0.990. The topological polar surface area (TPSA) is 88.6 Å². The minimum atomic E-state index is -1.62. The molecule has 10 heteroatoms. The second-order valence-electron chi connectivity index (χ2n) is 7.31. The van der Waals surface area contributed by atoms with Crippen LogP contribution in [0.5, 0.6) is 0 Å². The molecule has 28 heavy (non-hydrogen) atoms. The Kier molecular flexibility index (Phi) is 4.33. The number of aromatic nitrogens is 1. The molecule has 2 atom stereocenters. The summed E-state index contributed by atoms with van der Waals surface area (Å²) in [7, 11) is 0. The van der Waals surface area contributed by atoms with E-state index in [2.05, 4.69) is 0 Å². The standard InChI is InChI=1S/C18H17F4N3O3/c19-3-7-4-24(6-10(7)23)16-13(21)12(20)11-15(14(16)22)25(8-1-2-8)5-9(17(11)26)18(27)28/h5,7-8,10H,1-4,6,23H2,(H,27,28)/t7-,10+/m1/s1. The zero-order chi connectivity index (χ0) is 20.3.